The molecule has 96 valence electrons. The monoisotopic (exact) mass is 256 g/mol. The highest BCUT2D eigenvalue weighted by atomic mass is 19.1. The highest BCUT2D eigenvalue weighted by molar-refractivity contribution is 5.85. The van der Waals surface area contributed by atoms with Crippen molar-refractivity contribution >= 4 is 16.8 Å². The summed E-state index contributed by atoms with van der Waals surface area (Å²) in [5.74, 6) is 0.194. The summed E-state index contributed by atoms with van der Waals surface area (Å²) in [6.45, 7) is 3.85. The second-order valence-electron chi connectivity index (χ2n) is 4.60. The first-order chi connectivity index (χ1) is 9.06. The highest BCUT2D eigenvalue weighted by Crippen LogP contribution is 2.30. The summed E-state index contributed by atoms with van der Waals surface area (Å²) in [5, 5.41) is 0. The quantitative estimate of drug-likeness (QED) is 0.673. The molecule has 4 heteroatoms. The van der Waals surface area contributed by atoms with Gasteiger partial charge in [0.15, 0.2) is 5.58 Å². The molecule has 0 amide bonds. The predicted octanol–water partition coefficient (Wildman–Crippen LogP) is 3.83. The molecule has 1 aromatic heterocycles. The van der Waals surface area contributed by atoms with Crippen molar-refractivity contribution < 1.29 is 8.81 Å². The molecule has 0 spiro atoms. The highest BCUT2D eigenvalue weighted by Gasteiger charge is 2.13. The van der Waals surface area contributed by atoms with Crippen LogP contribution in [0.2, 0.25) is 0 Å². The Morgan fingerprint density at radius 1 is 1.16 bits per heavy atom. The minimum absolute atomic E-state index is 0.281. The summed E-state index contributed by atoms with van der Waals surface area (Å²) >= 11 is 0. The summed E-state index contributed by atoms with van der Waals surface area (Å²) in [6.07, 6.45) is 0. The number of nitrogen functional groups attached to an aromatic ring is 1. The number of aryl methyl sites for hydroxylation is 2. The van der Waals surface area contributed by atoms with Gasteiger partial charge in [0, 0.05) is 16.8 Å². The number of nitrogens with zero attached hydrogens (tertiary/aromatic N) is 1. The zero-order chi connectivity index (χ0) is 13.6. The first kappa shape index (κ1) is 11.7. The fourth-order valence-corrected chi connectivity index (χ4v) is 2.11. The lowest BCUT2D eigenvalue weighted by Gasteiger charge is -2.02. The first-order valence-corrected chi connectivity index (χ1v) is 5.98. The van der Waals surface area contributed by atoms with Crippen LogP contribution in [0.5, 0.6) is 0 Å². The minimum Gasteiger partial charge on any atom is -0.436 e. The van der Waals surface area contributed by atoms with Crippen molar-refractivity contribution in [3.8, 4) is 11.5 Å². The summed E-state index contributed by atoms with van der Waals surface area (Å²) in [5.41, 5.74) is 10.8. The molecular weight excluding hydrogens is 243 g/mol. The molecular formula is C15H13FN2O. The fourth-order valence-electron chi connectivity index (χ4n) is 2.11. The Morgan fingerprint density at radius 3 is 2.53 bits per heavy atom. The van der Waals surface area contributed by atoms with Gasteiger partial charge in [0.2, 0.25) is 5.89 Å². The Morgan fingerprint density at radius 2 is 1.84 bits per heavy atom. The third-order valence-corrected chi connectivity index (χ3v) is 3.28. The molecule has 1 heterocycles. The molecule has 3 aromatic rings. The van der Waals surface area contributed by atoms with E-state index in [0.717, 1.165) is 27.9 Å². The molecule has 0 unspecified atom stereocenters. The van der Waals surface area contributed by atoms with E-state index in [1.807, 2.05) is 19.9 Å². The second kappa shape index (κ2) is 4.09. The Balaban J connectivity index is 2.22. The Labute approximate surface area is 109 Å². The molecule has 0 fully saturated rings. The third kappa shape index (κ3) is 1.85. The predicted molar refractivity (Wildman–Crippen MR) is 73.3 cm³/mol. The van der Waals surface area contributed by atoms with E-state index in [9.17, 15) is 4.39 Å². The number of hydrogen-bond donors (Lipinski definition) is 1. The van der Waals surface area contributed by atoms with Gasteiger partial charge >= 0.3 is 0 Å². The van der Waals surface area contributed by atoms with Crippen LogP contribution >= 0.6 is 0 Å². The maximum atomic E-state index is 12.9. The molecule has 2 N–H and O–H groups in total. The number of benzene rings is 2. The lowest BCUT2D eigenvalue weighted by Crippen LogP contribution is -1.93. The lowest BCUT2D eigenvalue weighted by molar-refractivity contribution is 0.616. The molecule has 19 heavy (non-hydrogen) atoms. The number of halogens is 1. The SMILES string of the molecule is Cc1cc2oc(-c3ccc(F)cc3)nc2c(C)c1N. The van der Waals surface area contributed by atoms with Crippen molar-refractivity contribution in [2.24, 2.45) is 0 Å². The Bertz CT molecular complexity index is 760. The van der Waals surface area contributed by atoms with Crippen LogP contribution in [-0.4, -0.2) is 4.98 Å². The number of nitrogens with two attached hydrogens (primary N) is 1. The summed E-state index contributed by atoms with van der Waals surface area (Å²) in [6, 6.07) is 7.93. The van der Waals surface area contributed by atoms with Crippen LogP contribution in [-0.2, 0) is 0 Å². The molecule has 0 saturated heterocycles. The van der Waals surface area contributed by atoms with E-state index in [1.54, 1.807) is 12.1 Å². The number of aromatic nitrogens is 1. The van der Waals surface area contributed by atoms with Crippen LogP contribution in [0.15, 0.2) is 34.7 Å². The average Bonchev–Trinajstić information content (AvgIpc) is 2.81. The number of fused-ring (bicyclic) bond motifs is 1. The molecule has 3 rings (SSSR count). The third-order valence-electron chi connectivity index (χ3n) is 3.28. The zero-order valence-electron chi connectivity index (χ0n) is 10.7. The van der Waals surface area contributed by atoms with E-state index in [4.69, 9.17) is 10.2 Å². The van der Waals surface area contributed by atoms with E-state index in [0.29, 0.717) is 11.5 Å². The van der Waals surface area contributed by atoms with E-state index in [2.05, 4.69) is 4.98 Å². The van der Waals surface area contributed by atoms with Gasteiger partial charge in [-0.1, -0.05) is 0 Å². The van der Waals surface area contributed by atoms with Crippen molar-refractivity contribution in [2.75, 3.05) is 5.73 Å². The van der Waals surface area contributed by atoms with Crippen molar-refractivity contribution in [3.05, 3.63) is 47.3 Å². The van der Waals surface area contributed by atoms with Crippen molar-refractivity contribution in [3.63, 3.8) is 0 Å². The van der Waals surface area contributed by atoms with Gasteiger partial charge in [-0.15, -0.1) is 0 Å². The number of hydrogen-bond acceptors (Lipinski definition) is 3. The summed E-state index contributed by atoms with van der Waals surface area (Å²) in [7, 11) is 0. The van der Waals surface area contributed by atoms with Crippen LogP contribution in [0.3, 0.4) is 0 Å². The van der Waals surface area contributed by atoms with Gasteiger partial charge in [0.25, 0.3) is 0 Å². The van der Waals surface area contributed by atoms with Crippen molar-refractivity contribution in [1.82, 2.24) is 4.98 Å². The van der Waals surface area contributed by atoms with E-state index in [1.165, 1.54) is 12.1 Å². The molecule has 2 aromatic carbocycles. The van der Waals surface area contributed by atoms with Crippen LogP contribution < -0.4 is 5.73 Å². The largest absolute Gasteiger partial charge is 0.436 e. The van der Waals surface area contributed by atoms with Crippen LogP contribution in [0, 0.1) is 19.7 Å². The number of oxazole rings is 1. The Hall–Kier alpha value is -2.36. The standard InChI is InChI=1S/C15H13FN2O/c1-8-7-12-14(9(2)13(8)17)18-15(19-12)10-3-5-11(16)6-4-10/h3-7H,17H2,1-2H3. The van der Waals surface area contributed by atoms with Gasteiger partial charge in [-0.25, -0.2) is 9.37 Å². The fraction of sp³-hybridized carbons (Fsp3) is 0.133. The first-order valence-electron chi connectivity index (χ1n) is 5.98. The molecule has 0 atom stereocenters. The minimum atomic E-state index is -0.281. The van der Waals surface area contributed by atoms with Gasteiger partial charge in [0.05, 0.1) is 0 Å². The number of rotatable bonds is 1. The summed E-state index contributed by atoms with van der Waals surface area (Å²) in [4.78, 5) is 4.44. The van der Waals surface area contributed by atoms with Crippen molar-refractivity contribution in [1.29, 1.82) is 0 Å². The average molecular weight is 256 g/mol. The van der Waals surface area contributed by atoms with E-state index >= 15 is 0 Å². The molecule has 0 saturated carbocycles. The molecule has 0 aliphatic rings. The zero-order valence-corrected chi connectivity index (χ0v) is 10.7. The molecule has 3 nitrogen and oxygen atoms in total. The maximum Gasteiger partial charge on any atom is 0.227 e. The van der Waals surface area contributed by atoms with Crippen LogP contribution in [0.25, 0.3) is 22.6 Å². The van der Waals surface area contributed by atoms with Crippen molar-refractivity contribution in [2.45, 2.75) is 13.8 Å². The topological polar surface area (TPSA) is 52.0 Å². The number of anilines is 1. The Kier molecular flexibility index (Phi) is 2.52. The van der Waals surface area contributed by atoms with Gasteiger partial charge in [0.1, 0.15) is 11.3 Å². The van der Waals surface area contributed by atoms with Gasteiger partial charge in [-0.05, 0) is 49.7 Å². The molecule has 0 aliphatic carbocycles. The molecule has 0 radical (unpaired) electrons. The van der Waals surface area contributed by atoms with E-state index in [-0.39, 0.29) is 5.82 Å². The van der Waals surface area contributed by atoms with Crippen LogP contribution in [0.4, 0.5) is 10.1 Å². The second-order valence-corrected chi connectivity index (χ2v) is 4.60. The van der Waals surface area contributed by atoms with Crippen LogP contribution in [0.1, 0.15) is 11.1 Å². The normalized spacial score (nSPS) is 11.1. The summed E-state index contributed by atoms with van der Waals surface area (Å²) < 4.78 is 18.6. The maximum absolute atomic E-state index is 12.9. The van der Waals surface area contributed by atoms with Gasteiger partial charge in [-0.3, -0.25) is 0 Å². The molecule has 0 bridgehead atoms. The van der Waals surface area contributed by atoms with Gasteiger partial charge < -0.3 is 10.2 Å². The lowest BCUT2D eigenvalue weighted by atomic mass is 10.1. The smallest absolute Gasteiger partial charge is 0.227 e. The molecule has 0 aliphatic heterocycles. The van der Waals surface area contributed by atoms with E-state index < -0.39 is 0 Å². The van der Waals surface area contributed by atoms with Gasteiger partial charge in [-0.2, -0.15) is 0 Å².